The van der Waals surface area contributed by atoms with Gasteiger partial charge in [0, 0.05) is 6.20 Å². The highest BCUT2D eigenvalue weighted by molar-refractivity contribution is 5.95. The summed E-state index contributed by atoms with van der Waals surface area (Å²) in [5.41, 5.74) is 1.62. The van der Waals surface area contributed by atoms with Gasteiger partial charge in [-0.25, -0.2) is 18.4 Å². The van der Waals surface area contributed by atoms with Gasteiger partial charge in [-0.15, -0.1) is 0 Å². The zero-order chi connectivity index (χ0) is 19.6. The highest BCUT2D eigenvalue weighted by Crippen LogP contribution is 2.23. The predicted octanol–water partition coefficient (Wildman–Crippen LogP) is 4.16. The number of rotatable bonds is 5. The lowest BCUT2D eigenvalue weighted by Crippen LogP contribution is -2.27. The number of nitrogens with zero attached hydrogens (tertiary/aromatic N) is 3. The standard InChI is InChI=1S/C20H20F2N4O/c1-12(2)19-15(11-24-26(19)18-6-4-5-9-23-18)20(27)25-13(3)14-7-8-16(21)17(22)10-14/h4-13H,1-3H3,(H,25,27). The maximum absolute atomic E-state index is 13.5. The van der Waals surface area contributed by atoms with Gasteiger partial charge in [0.2, 0.25) is 0 Å². The number of aromatic nitrogens is 3. The lowest BCUT2D eigenvalue weighted by Gasteiger charge is -2.16. The Labute approximate surface area is 156 Å². The van der Waals surface area contributed by atoms with Crippen LogP contribution in [0.15, 0.2) is 48.8 Å². The molecule has 1 N–H and O–H groups in total. The van der Waals surface area contributed by atoms with Gasteiger partial charge in [0.25, 0.3) is 5.91 Å². The van der Waals surface area contributed by atoms with E-state index < -0.39 is 17.7 Å². The Morgan fingerprint density at radius 1 is 1.11 bits per heavy atom. The third-order valence-electron chi connectivity index (χ3n) is 4.26. The van der Waals surface area contributed by atoms with E-state index in [0.29, 0.717) is 16.9 Å². The van der Waals surface area contributed by atoms with E-state index in [-0.39, 0.29) is 11.8 Å². The van der Waals surface area contributed by atoms with Gasteiger partial charge in [-0.2, -0.15) is 5.10 Å². The van der Waals surface area contributed by atoms with E-state index in [4.69, 9.17) is 0 Å². The minimum atomic E-state index is -0.945. The summed E-state index contributed by atoms with van der Waals surface area (Å²) in [5, 5.41) is 7.14. The summed E-state index contributed by atoms with van der Waals surface area (Å²) in [6.07, 6.45) is 3.16. The minimum Gasteiger partial charge on any atom is -0.345 e. The smallest absolute Gasteiger partial charge is 0.255 e. The van der Waals surface area contributed by atoms with Gasteiger partial charge < -0.3 is 5.32 Å². The van der Waals surface area contributed by atoms with Crippen molar-refractivity contribution in [1.82, 2.24) is 20.1 Å². The molecular weight excluding hydrogens is 350 g/mol. The van der Waals surface area contributed by atoms with Crippen LogP contribution in [0.25, 0.3) is 5.82 Å². The third kappa shape index (κ3) is 3.86. The van der Waals surface area contributed by atoms with Gasteiger partial charge in [0.05, 0.1) is 23.5 Å². The number of hydrogen-bond acceptors (Lipinski definition) is 3. The molecule has 3 aromatic rings. The first-order valence-electron chi connectivity index (χ1n) is 8.63. The second-order valence-electron chi connectivity index (χ2n) is 6.57. The van der Waals surface area contributed by atoms with Crippen molar-refractivity contribution in [2.75, 3.05) is 0 Å². The van der Waals surface area contributed by atoms with E-state index in [2.05, 4.69) is 15.4 Å². The second kappa shape index (κ2) is 7.65. The number of hydrogen-bond donors (Lipinski definition) is 1. The quantitative estimate of drug-likeness (QED) is 0.734. The van der Waals surface area contributed by atoms with E-state index in [9.17, 15) is 13.6 Å². The topological polar surface area (TPSA) is 59.8 Å². The third-order valence-corrected chi connectivity index (χ3v) is 4.26. The van der Waals surface area contributed by atoms with E-state index in [1.807, 2.05) is 26.0 Å². The Kier molecular flexibility index (Phi) is 5.30. The molecule has 7 heteroatoms. The molecule has 0 spiro atoms. The van der Waals surface area contributed by atoms with Gasteiger partial charge in [-0.3, -0.25) is 4.79 Å². The van der Waals surface area contributed by atoms with Crippen LogP contribution in [0.3, 0.4) is 0 Å². The molecule has 27 heavy (non-hydrogen) atoms. The molecule has 1 atom stereocenters. The van der Waals surface area contributed by atoms with Crippen molar-refractivity contribution in [2.45, 2.75) is 32.7 Å². The summed E-state index contributed by atoms with van der Waals surface area (Å²) >= 11 is 0. The summed E-state index contributed by atoms with van der Waals surface area (Å²) in [6.45, 7) is 5.64. The maximum atomic E-state index is 13.5. The molecule has 1 amide bonds. The monoisotopic (exact) mass is 370 g/mol. The average molecular weight is 370 g/mol. The van der Waals surface area contributed by atoms with Crippen molar-refractivity contribution in [3.8, 4) is 5.82 Å². The van der Waals surface area contributed by atoms with Crippen molar-refractivity contribution in [3.05, 3.63) is 77.2 Å². The zero-order valence-corrected chi connectivity index (χ0v) is 15.3. The molecule has 0 aliphatic rings. The fourth-order valence-corrected chi connectivity index (χ4v) is 2.89. The van der Waals surface area contributed by atoms with Gasteiger partial charge in [0.15, 0.2) is 17.5 Å². The molecule has 1 unspecified atom stereocenters. The fraction of sp³-hybridized carbons (Fsp3) is 0.250. The predicted molar refractivity (Wildman–Crippen MR) is 97.7 cm³/mol. The van der Waals surface area contributed by atoms with E-state index >= 15 is 0 Å². The van der Waals surface area contributed by atoms with Crippen LogP contribution in [0.1, 0.15) is 54.3 Å². The number of halogens is 2. The Balaban J connectivity index is 1.88. The number of pyridine rings is 1. The van der Waals surface area contributed by atoms with Crippen LogP contribution in [-0.4, -0.2) is 20.7 Å². The number of benzene rings is 1. The van der Waals surface area contributed by atoms with Crippen LogP contribution in [0.4, 0.5) is 8.78 Å². The van der Waals surface area contributed by atoms with Gasteiger partial charge in [0.1, 0.15) is 0 Å². The van der Waals surface area contributed by atoms with Crippen LogP contribution in [0.5, 0.6) is 0 Å². The average Bonchev–Trinajstić information content (AvgIpc) is 3.10. The SMILES string of the molecule is CC(C)c1c(C(=O)NC(C)c2ccc(F)c(F)c2)cnn1-c1ccccn1. The van der Waals surface area contributed by atoms with Crippen molar-refractivity contribution in [2.24, 2.45) is 0 Å². The summed E-state index contributed by atoms with van der Waals surface area (Å²) in [5.74, 6) is -1.56. The van der Waals surface area contributed by atoms with Crippen molar-refractivity contribution in [3.63, 3.8) is 0 Å². The first-order chi connectivity index (χ1) is 12.9. The Hall–Kier alpha value is -3.09. The summed E-state index contributed by atoms with van der Waals surface area (Å²) in [7, 11) is 0. The molecule has 3 rings (SSSR count). The Bertz CT molecular complexity index is 954. The maximum Gasteiger partial charge on any atom is 0.255 e. The van der Waals surface area contributed by atoms with Crippen LogP contribution in [0, 0.1) is 11.6 Å². The lowest BCUT2D eigenvalue weighted by atomic mass is 10.0. The van der Waals surface area contributed by atoms with Gasteiger partial charge in [-0.05, 0) is 42.7 Å². The van der Waals surface area contributed by atoms with E-state index in [1.165, 1.54) is 12.3 Å². The molecule has 1 aromatic carbocycles. The normalized spacial score (nSPS) is 12.2. The number of nitrogens with one attached hydrogen (secondary N) is 1. The van der Waals surface area contributed by atoms with E-state index in [1.54, 1.807) is 23.9 Å². The zero-order valence-electron chi connectivity index (χ0n) is 15.3. The molecule has 0 aliphatic heterocycles. The Morgan fingerprint density at radius 2 is 1.89 bits per heavy atom. The highest BCUT2D eigenvalue weighted by Gasteiger charge is 2.23. The summed E-state index contributed by atoms with van der Waals surface area (Å²) in [6, 6.07) is 8.55. The first kappa shape index (κ1) is 18.7. The molecule has 0 radical (unpaired) electrons. The van der Waals surface area contributed by atoms with Gasteiger partial charge >= 0.3 is 0 Å². The van der Waals surface area contributed by atoms with Crippen LogP contribution in [0.2, 0.25) is 0 Å². The number of carbonyl (C=O) groups excluding carboxylic acids is 1. The molecule has 0 fully saturated rings. The number of carbonyl (C=O) groups is 1. The summed E-state index contributed by atoms with van der Waals surface area (Å²) in [4.78, 5) is 17.1. The molecule has 2 heterocycles. The van der Waals surface area contributed by atoms with Crippen molar-refractivity contribution >= 4 is 5.91 Å². The molecule has 0 saturated carbocycles. The molecule has 0 saturated heterocycles. The minimum absolute atomic E-state index is 0.0221. The highest BCUT2D eigenvalue weighted by atomic mass is 19.2. The first-order valence-corrected chi connectivity index (χ1v) is 8.63. The molecule has 5 nitrogen and oxygen atoms in total. The molecule has 140 valence electrons. The Morgan fingerprint density at radius 3 is 2.52 bits per heavy atom. The molecule has 0 aliphatic carbocycles. The van der Waals surface area contributed by atoms with Crippen LogP contribution in [-0.2, 0) is 0 Å². The summed E-state index contributed by atoms with van der Waals surface area (Å²) < 4.78 is 28.2. The molecule has 0 bridgehead atoms. The van der Waals surface area contributed by atoms with Crippen molar-refractivity contribution in [1.29, 1.82) is 0 Å². The fourth-order valence-electron chi connectivity index (χ4n) is 2.89. The van der Waals surface area contributed by atoms with Crippen LogP contribution >= 0.6 is 0 Å². The molecular formula is C20H20F2N4O. The van der Waals surface area contributed by atoms with Crippen LogP contribution < -0.4 is 5.32 Å². The second-order valence-corrected chi connectivity index (χ2v) is 6.57. The number of amides is 1. The lowest BCUT2D eigenvalue weighted by molar-refractivity contribution is 0.0938. The largest absolute Gasteiger partial charge is 0.345 e. The van der Waals surface area contributed by atoms with E-state index in [0.717, 1.165) is 17.8 Å². The van der Waals surface area contributed by atoms with Crippen molar-refractivity contribution < 1.29 is 13.6 Å². The van der Waals surface area contributed by atoms with Gasteiger partial charge in [-0.1, -0.05) is 26.0 Å². The molecule has 2 aromatic heterocycles.